The molecule has 0 bridgehead atoms. The van der Waals surface area contributed by atoms with Gasteiger partial charge in [-0.05, 0) is 36.8 Å². The maximum absolute atomic E-state index is 13.1. The number of carbonyl (C=O) groups excluding carboxylic acids is 2. The lowest BCUT2D eigenvalue weighted by atomic mass is 9.89. The van der Waals surface area contributed by atoms with E-state index >= 15 is 0 Å². The first-order valence-electron chi connectivity index (χ1n) is 8.07. The van der Waals surface area contributed by atoms with E-state index in [9.17, 15) is 9.59 Å². The Morgan fingerprint density at radius 1 is 1.00 bits per heavy atom. The SMILES string of the molecule is COC(=O)c1ccc(C2NC(=S)NC(C)=C2C(=O)c2ccccc2)cc1. The van der Waals surface area contributed by atoms with Gasteiger partial charge in [-0.1, -0.05) is 42.5 Å². The monoisotopic (exact) mass is 366 g/mol. The summed E-state index contributed by atoms with van der Waals surface area (Å²) in [6.07, 6.45) is 0. The van der Waals surface area contributed by atoms with Gasteiger partial charge in [0.2, 0.25) is 0 Å². The second-order valence-corrected chi connectivity index (χ2v) is 6.29. The number of methoxy groups -OCH3 is 1. The Bertz CT molecular complexity index is 889. The minimum absolute atomic E-state index is 0.0763. The maximum atomic E-state index is 13.1. The number of allylic oxidation sites excluding steroid dienone is 1. The molecule has 0 aliphatic carbocycles. The van der Waals surface area contributed by atoms with Gasteiger partial charge in [-0.2, -0.15) is 0 Å². The number of carbonyl (C=O) groups is 2. The van der Waals surface area contributed by atoms with E-state index in [2.05, 4.69) is 10.6 Å². The number of hydrogen-bond donors (Lipinski definition) is 2. The Morgan fingerprint density at radius 2 is 1.65 bits per heavy atom. The van der Waals surface area contributed by atoms with Gasteiger partial charge in [0.05, 0.1) is 18.7 Å². The van der Waals surface area contributed by atoms with Crippen LogP contribution in [0, 0.1) is 0 Å². The van der Waals surface area contributed by atoms with Crippen molar-refractivity contribution in [2.75, 3.05) is 7.11 Å². The van der Waals surface area contributed by atoms with E-state index < -0.39 is 12.0 Å². The molecule has 0 aromatic heterocycles. The van der Waals surface area contributed by atoms with Crippen LogP contribution in [0.2, 0.25) is 0 Å². The minimum Gasteiger partial charge on any atom is -0.465 e. The predicted molar refractivity (Wildman–Crippen MR) is 103 cm³/mol. The van der Waals surface area contributed by atoms with Gasteiger partial charge >= 0.3 is 5.97 Å². The maximum Gasteiger partial charge on any atom is 0.337 e. The van der Waals surface area contributed by atoms with E-state index in [1.54, 1.807) is 36.4 Å². The van der Waals surface area contributed by atoms with Crippen molar-refractivity contribution in [2.24, 2.45) is 0 Å². The van der Waals surface area contributed by atoms with Crippen molar-refractivity contribution in [2.45, 2.75) is 13.0 Å². The Labute approximate surface area is 157 Å². The van der Waals surface area contributed by atoms with E-state index in [0.29, 0.717) is 27.5 Å². The van der Waals surface area contributed by atoms with E-state index in [4.69, 9.17) is 17.0 Å². The normalized spacial score (nSPS) is 16.5. The van der Waals surface area contributed by atoms with E-state index in [0.717, 1.165) is 5.56 Å². The van der Waals surface area contributed by atoms with Crippen molar-refractivity contribution in [3.05, 3.63) is 82.6 Å². The molecule has 1 unspecified atom stereocenters. The zero-order chi connectivity index (χ0) is 18.7. The minimum atomic E-state index is -0.405. The molecule has 26 heavy (non-hydrogen) atoms. The fourth-order valence-electron chi connectivity index (χ4n) is 2.92. The van der Waals surface area contributed by atoms with Crippen LogP contribution in [0.1, 0.15) is 39.2 Å². The Hall–Kier alpha value is -2.99. The molecule has 0 spiro atoms. The summed E-state index contributed by atoms with van der Waals surface area (Å²) in [5, 5.41) is 6.63. The number of esters is 1. The highest BCUT2D eigenvalue weighted by Gasteiger charge is 2.30. The van der Waals surface area contributed by atoms with Crippen molar-refractivity contribution >= 4 is 29.1 Å². The van der Waals surface area contributed by atoms with E-state index in [1.807, 2.05) is 25.1 Å². The predicted octanol–water partition coefficient (Wildman–Crippen LogP) is 3.15. The number of thiocarbonyl (C=S) groups is 1. The average molecular weight is 366 g/mol. The van der Waals surface area contributed by atoms with Crippen molar-refractivity contribution in [3.8, 4) is 0 Å². The van der Waals surface area contributed by atoms with Gasteiger partial charge in [-0.15, -0.1) is 0 Å². The summed E-state index contributed by atoms with van der Waals surface area (Å²) >= 11 is 5.26. The van der Waals surface area contributed by atoms with Crippen LogP contribution >= 0.6 is 12.2 Å². The number of ether oxygens (including phenoxy) is 1. The molecule has 0 saturated carbocycles. The topological polar surface area (TPSA) is 67.4 Å². The zero-order valence-corrected chi connectivity index (χ0v) is 15.2. The molecule has 0 saturated heterocycles. The molecule has 0 amide bonds. The molecule has 6 heteroatoms. The lowest BCUT2D eigenvalue weighted by Gasteiger charge is -2.30. The molecule has 0 radical (unpaired) electrons. The van der Waals surface area contributed by atoms with Crippen LogP contribution in [0.15, 0.2) is 65.9 Å². The van der Waals surface area contributed by atoms with Crippen LogP contribution < -0.4 is 10.6 Å². The molecule has 1 atom stereocenters. The summed E-state index contributed by atoms with van der Waals surface area (Å²) in [5.74, 6) is -0.481. The van der Waals surface area contributed by atoms with Gasteiger partial charge in [0.15, 0.2) is 10.9 Å². The number of nitrogens with one attached hydrogen (secondary N) is 2. The quantitative estimate of drug-likeness (QED) is 0.492. The van der Waals surface area contributed by atoms with Gasteiger partial charge < -0.3 is 15.4 Å². The number of ketones is 1. The largest absolute Gasteiger partial charge is 0.465 e. The lowest BCUT2D eigenvalue weighted by molar-refractivity contribution is 0.0600. The molecule has 3 rings (SSSR count). The third-order valence-electron chi connectivity index (χ3n) is 4.21. The van der Waals surface area contributed by atoms with E-state index in [-0.39, 0.29) is 5.78 Å². The summed E-state index contributed by atoms with van der Waals surface area (Å²) < 4.78 is 4.72. The van der Waals surface area contributed by atoms with Crippen molar-refractivity contribution in [3.63, 3.8) is 0 Å². The standard InChI is InChI=1S/C20H18N2O3S/c1-12-16(18(23)14-6-4-3-5-7-14)17(22-20(26)21-12)13-8-10-15(11-9-13)19(24)25-2/h3-11,17H,1-2H3,(H2,21,22,26). The molecular formula is C20H18N2O3S. The van der Waals surface area contributed by atoms with Crippen LogP contribution in [-0.4, -0.2) is 24.0 Å². The van der Waals surface area contributed by atoms with Gasteiger partial charge in [-0.3, -0.25) is 4.79 Å². The Balaban J connectivity index is 2.00. The average Bonchev–Trinajstić information content (AvgIpc) is 2.67. The molecule has 132 valence electrons. The number of hydrogen-bond acceptors (Lipinski definition) is 4. The molecule has 2 N–H and O–H groups in total. The smallest absolute Gasteiger partial charge is 0.337 e. The Morgan fingerprint density at radius 3 is 2.27 bits per heavy atom. The molecule has 1 aliphatic heterocycles. The summed E-state index contributed by atoms with van der Waals surface area (Å²) in [6, 6.07) is 15.6. The zero-order valence-electron chi connectivity index (χ0n) is 14.4. The summed E-state index contributed by atoms with van der Waals surface area (Å²) in [7, 11) is 1.34. The molecular weight excluding hydrogens is 348 g/mol. The second-order valence-electron chi connectivity index (χ2n) is 5.88. The molecule has 2 aromatic rings. The van der Waals surface area contributed by atoms with Crippen LogP contribution in [0.3, 0.4) is 0 Å². The van der Waals surface area contributed by atoms with Gasteiger partial charge in [0, 0.05) is 16.8 Å². The van der Waals surface area contributed by atoms with Crippen molar-refractivity contribution in [1.82, 2.24) is 10.6 Å². The highest BCUT2D eigenvalue weighted by Crippen LogP contribution is 2.29. The van der Waals surface area contributed by atoms with Gasteiger partial charge in [-0.25, -0.2) is 4.79 Å². The van der Waals surface area contributed by atoms with Crippen molar-refractivity contribution in [1.29, 1.82) is 0 Å². The summed E-state index contributed by atoms with van der Waals surface area (Å²) in [5.41, 5.74) is 3.19. The molecule has 0 fully saturated rings. The molecule has 5 nitrogen and oxygen atoms in total. The fourth-order valence-corrected chi connectivity index (χ4v) is 3.19. The molecule has 2 aromatic carbocycles. The lowest BCUT2D eigenvalue weighted by Crippen LogP contribution is -2.44. The first kappa shape index (κ1) is 17.8. The number of benzene rings is 2. The first-order chi connectivity index (χ1) is 12.5. The van der Waals surface area contributed by atoms with Crippen LogP contribution in [-0.2, 0) is 4.74 Å². The van der Waals surface area contributed by atoms with Crippen LogP contribution in [0.25, 0.3) is 0 Å². The third-order valence-corrected chi connectivity index (χ3v) is 4.43. The van der Waals surface area contributed by atoms with Crippen LogP contribution in [0.4, 0.5) is 0 Å². The number of Topliss-reactive ketones (excluding diaryl/α,β-unsaturated/α-hetero) is 1. The Kier molecular flexibility index (Phi) is 5.14. The third kappa shape index (κ3) is 3.50. The summed E-state index contributed by atoms with van der Waals surface area (Å²) in [6.45, 7) is 1.83. The number of rotatable bonds is 4. The van der Waals surface area contributed by atoms with Gasteiger partial charge in [0.1, 0.15) is 0 Å². The molecule has 1 heterocycles. The summed E-state index contributed by atoms with van der Waals surface area (Å²) in [4.78, 5) is 24.7. The highest BCUT2D eigenvalue weighted by molar-refractivity contribution is 7.80. The highest BCUT2D eigenvalue weighted by atomic mass is 32.1. The van der Waals surface area contributed by atoms with Crippen LogP contribution in [0.5, 0.6) is 0 Å². The fraction of sp³-hybridized carbons (Fsp3) is 0.150. The van der Waals surface area contributed by atoms with E-state index in [1.165, 1.54) is 7.11 Å². The molecule has 1 aliphatic rings. The first-order valence-corrected chi connectivity index (χ1v) is 8.48. The second kappa shape index (κ2) is 7.49. The van der Waals surface area contributed by atoms with Crippen molar-refractivity contribution < 1.29 is 14.3 Å². The van der Waals surface area contributed by atoms with Gasteiger partial charge in [0.25, 0.3) is 0 Å².